The van der Waals surface area contributed by atoms with Crippen molar-refractivity contribution in [3.8, 4) is 17.2 Å². The molecule has 3 N–H and O–H groups in total. The highest BCUT2D eigenvalue weighted by Crippen LogP contribution is 2.29. The van der Waals surface area contributed by atoms with Crippen molar-refractivity contribution in [2.75, 3.05) is 7.11 Å². The van der Waals surface area contributed by atoms with Crippen molar-refractivity contribution in [2.24, 2.45) is 5.73 Å². The summed E-state index contributed by atoms with van der Waals surface area (Å²) in [7, 11) is 1.62. The summed E-state index contributed by atoms with van der Waals surface area (Å²) in [6.45, 7) is 1.72. The van der Waals surface area contributed by atoms with Crippen LogP contribution >= 0.6 is 12.4 Å². The van der Waals surface area contributed by atoms with Gasteiger partial charge in [-0.1, -0.05) is 12.1 Å². The fourth-order valence-corrected chi connectivity index (χ4v) is 3.65. The highest BCUT2D eigenvalue weighted by molar-refractivity contribution is 5.90. The summed E-state index contributed by atoms with van der Waals surface area (Å²) < 4.78 is 12.9. The maximum Gasteiger partial charge on any atom is 0.268 e. The lowest BCUT2D eigenvalue weighted by atomic mass is 10.0. The van der Waals surface area contributed by atoms with Crippen molar-refractivity contribution in [3.63, 3.8) is 0 Å². The number of nitrogens with two attached hydrogens (primary N) is 1. The molecule has 2 aromatic carbocycles. The van der Waals surface area contributed by atoms with E-state index >= 15 is 0 Å². The van der Waals surface area contributed by atoms with E-state index in [-0.39, 0.29) is 24.1 Å². The molecular weight excluding hydrogens is 432 g/mol. The summed E-state index contributed by atoms with van der Waals surface area (Å²) in [6.07, 6.45) is 3.73. The lowest BCUT2D eigenvalue weighted by Gasteiger charge is -2.21. The first-order valence-corrected chi connectivity index (χ1v) is 10.0. The Kier molecular flexibility index (Phi) is 7.17. The zero-order valence-electron chi connectivity index (χ0n) is 17.8. The number of aliphatic hydroxyl groups excluding tert-OH is 1. The third kappa shape index (κ3) is 4.76. The number of hydrogen-bond donors (Lipinski definition) is 2. The number of rotatable bonds is 8. The maximum atomic E-state index is 11.3. The molecule has 0 unspecified atom stereocenters. The number of aryl methyl sites for hydroxylation is 1. The van der Waals surface area contributed by atoms with Crippen molar-refractivity contribution < 1.29 is 19.1 Å². The van der Waals surface area contributed by atoms with Crippen LogP contribution in [0.1, 0.15) is 35.4 Å². The van der Waals surface area contributed by atoms with E-state index in [1.807, 2.05) is 42.5 Å². The Morgan fingerprint density at radius 1 is 1.25 bits per heavy atom. The van der Waals surface area contributed by atoms with E-state index < -0.39 is 12.0 Å². The van der Waals surface area contributed by atoms with E-state index in [9.17, 15) is 9.90 Å². The minimum atomic E-state index is -0.638. The van der Waals surface area contributed by atoms with Crippen LogP contribution in [-0.2, 0) is 6.42 Å². The average molecular weight is 457 g/mol. The van der Waals surface area contributed by atoms with Crippen LogP contribution < -0.4 is 10.5 Å². The molecule has 1 amide bonds. The number of para-hydroxylation sites is 1. The number of methoxy groups -OCH3 is 1. The fraction of sp³-hybridized carbons (Fsp3) is 0.261. The fourth-order valence-electron chi connectivity index (χ4n) is 3.65. The van der Waals surface area contributed by atoms with Gasteiger partial charge in [0.15, 0.2) is 5.58 Å². The maximum absolute atomic E-state index is 11.3. The molecule has 0 aliphatic heterocycles. The first-order valence-electron chi connectivity index (χ1n) is 10.0. The molecular formula is C23H25ClN4O4. The minimum Gasteiger partial charge on any atom is -0.497 e. The van der Waals surface area contributed by atoms with Gasteiger partial charge >= 0.3 is 0 Å². The third-order valence-electron chi connectivity index (χ3n) is 5.34. The zero-order valence-corrected chi connectivity index (χ0v) is 18.6. The quantitative estimate of drug-likeness (QED) is 0.416. The number of aliphatic hydroxyl groups is 1. The molecule has 0 radical (unpaired) electrons. The summed E-state index contributed by atoms with van der Waals surface area (Å²) in [5, 5.41) is 10.3. The lowest BCUT2D eigenvalue weighted by Crippen LogP contribution is -2.21. The van der Waals surface area contributed by atoms with Crippen molar-refractivity contribution in [2.45, 2.75) is 31.9 Å². The number of imidazole rings is 1. The Balaban J connectivity index is 0.00000289. The van der Waals surface area contributed by atoms with Crippen LogP contribution in [0.3, 0.4) is 0 Å². The molecule has 2 heterocycles. The summed E-state index contributed by atoms with van der Waals surface area (Å²) >= 11 is 0. The minimum absolute atomic E-state index is 0. The van der Waals surface area contributed by atoms with Crippen molar-refractivity contribution >= 4 is 29.4 Å². The van der Waals surface area contributed by atoms with Crippen LogP contribution in [0.25, 0.3) is 22.6 Å². The third-order valence-corrected chi connectivity index (χ3v) is 5.34. The first-order chi connectivity index (χ1) is 15.0. The Bertz CT molecular complexity index is 1200. The Labute approximate surface area is 191 Å². The summed E-state index contributed by atoms with van der Waals surface area (Å²) in [4.78, 5) is 20.1. The normalized spacial score (nSPS) is 12.8. The molecule has 0 spiro atoms. The number of ether oxygens (including phenoxy) is 1. The molecule has 0 saturated heterocycles. The standard InChI is InChI=1S/C23H24N4O4.ClH/c1-14(28)19(27-12-18(22(24)29)25-13-27)11-8-15-4-3-5-20-21(15)26-23(31-20)16-6-9-17(30-2)10-7-16;/h3-7,9-10,12-14,19,28H,8,11H2,1-2H3,(H2,24,29);1H/t14-,19+;/m0./s1. The summed E-state index contributed by atoms with van der Waals surface area (Å²) in [6, 6.07) is 13.1. The van der Waals surface area contributed by atoms with Crippen LogP contribution in [-0.4, -0.2) is 38.8 Å². The number of benzene rings is 2. The number of primary amides is 1. The highest BCUT2D eigenvalue weighted by atomic mass is 35.5. The predicted molar refractivity (Wildman–Crippen MR) is 123 cm³/mol. The molecule has 0 saturated carbocycles. The van der Waals surface area contributed by atoms with Gasteiger partial charge in [-0.15, -0.1) is 12.4 Å². The molecule has 8 nitrogen and oxygen atoms in total. The number of aromatic nitrogens is 3. The van der Waals surface area contributed by atoms with Gasteiger partial charge in [-0.2, -0.15) is 0 Å². The Hall–Kier alpha value is -3.36. The van der Waals surface area contributed by atoms with Crippen LogP contribution in [0.15, 0.2) is 59.4 Å². The molecule has 4 aromatic rings. The predicted octanol–water partition coefficient (Wildman–Crippen LogP) is 3.78. The van der Waals surface area contributed by atoms with Crippen LogP contribution in [0.5, 0.6) is 5.75 Å². The van der Waals surface area contributed by atoms with E-state index in [2.05, 4.69) is 4.98 Å². The van der Waals surface area contributed by atoms with Gasteiger partial charge in [0.2, 0.25) is 5.89 Å². The summed E-state index contributed by atoms with van der Waals surface area (Å²) in [5.41, 5.74) is 8.84. The second-order valence-electron chi connectivity index (χ2n) is 7.43. The Morgan fingerprint density at radius 3 is 2.62 bits per heavy atom. The van der Waals surface area contributed by atoms with Crippen molar-refractivity contribution in [1.29, 1.82) is 0 Å². The highest BCUT2D eigenvalue weighted by Gasteiger charge is 2.20. The molecule has 0 fully saturated rings. The van der Waals surface area contributed by atoms with E-state index in [0.717, 1.165) is 22.4 Å². The van der Waals surface area contributed by atoms with E-state index in [1.165, 1.54) is 6.33 Å². The molecule has 0 aliphatic rings. The summed E-state index contributed by atoms with van der Waals surface area (Å²) in [5.74, 6) is 0.711. The number of nitrogens with zero attached hydrogens (tertiary/aromatic N) is 3. The number of amides is 1. The van der Waals surface area contributed by atoms with Gasteiger partial charge in [-0.3, -0.25) is 4.79 Å². The van der Waals surface area contributed by atoms with Gasteiger partial charge in [-0.05, 0) is 55.7 Å². The van der Waals surface area contributed by atoms with Crippen molar-refractivity contribution in [3.05, 3.63) is 66.2 Å². The molecule has 2 aromatic heterocycles. The lowest BCUT2D eigenvalue weighted by molar-refractivity contribution is 0.0994. The van der Waals surface area contributed by atoms with Crippen LogP contribution in [0.4, 0.5) is 0 Å². The van der Waals surface area contributed by atoms with Gasteiger partial charge in [0.05, 0.1) is 25.6 Å². The van der Waals surface area contributed by atoms with Gasteiger partial charge in [0, 0.05) is 11.8 Å². The second kappa shape index (κ2) is 9.84. The molecule has 0 bridgehead atoms. The number of carbonyl (C=O) groups is 1. The second-order valence-corrected chi connectivity index (χ2v) is 7.43. The van der Waals surface area contributed by atoms with E-state index in [4.69, 9.17) is 19.9 Å². The molecule has 168 valence electrons. The molecule has 32 heavy (non-hydrogen) atoms. The number of fused-ring (bicyclic) bond motifs is 1. The Morgan fingerprint density at radius 2 is 2.00 bits per heavy atom. The molecule has 4 rings (SSSR count). The van der Waals surface area contributed by atoms with E-state index in [1.54, 1.807) is 24.8 Å². The molecule has 9 heteroatoms. The van der Waals surface area contributed by atoms with Gasteiger partial charge in [-0.25, -0.2) is 9.97 Å². The molecule has 2 atom stereocenters. The smallest absolute Gasteiger partial charge is 0.268 e. The monoisotopic (exact) mass is 456 g/mol. The van der Waals surface area contributed by atoms with Gasteiger partial charge in [0.1, 0.15) is 17.0 Å². The van der Waals surface area contributed by atoms with Crippen molar-refractivity contribution in [1.82, 2.24) is 14.5 Å². The SMILES string of the molecule is COc1ccc(-c2nc3c(CC[C@H]([C@H](C)O)n4cnc(C(N)=O)c4)cccc3o2)cc1.Cl. The van der Waals surface area contributed by atoms with E-state index in [0.29, 0.717) is 24.3 Å². The topological polar surface area (TPSA) is 116 Å². The number of carbonyl (C=O) groups excluding carboxylic acids is 1. The first kappa shape index (κ1) is 23.3. The van der Waals surface area contributed by atoms with Crippen LogP contribution in [0.2, 0.25) is 0 Å². The largest absolute Gasteiger partial charge is 0.497 e. The molecule has 0 aliphatic carbocycles. The number of hydrogen-bond acceptors (Lipinski definition) is 6. The number of halogens is 1. The van der Waals surface area contributed by atoms with Crippen LogP contribution in [0, 0.1) is 0 Å². The van der Waals surface area contributed by atoms with Gasteiger partial charge in [0.25, 0.3) is 5.91 Å². The average Bonchev–Trinajstić information content (AvgIpc) is 3.42. The van der Waals surface area contributed by atoms with Gasteiger partial charge < -0.3 is 24.6 Å². The zero-order chi connectivity index (χ0) is 22.0. The number of oxazole rings is 1.